The number of hydrogen-bond acceptors (Lipinski definition) is 6. The Hall–Kier alpha value is -3.26. The maximum Gasteiger partial charge on any atom is 0.290 e. The van der Waals surface area contributed by atoms with E-state index in [9.17, 15) is 9.18 Å². The molecule has 1 aromatic heterocycles. The van der Waals surface area contributed by atoms with Gasteiger partial charge in [0.2, 0.25) is 5.97 Å². The number of ether oxygens (including phenoxy) is 1. The average Bonchev–Trinajstić information content (AvgIpc) is 2.73. The van der Waals surface area contributed by atoms with E-state index in [0.717, 1.165) is 11.1 Å². The summed E-state index contributed by atoms with van der Waals surface area (Å²) in [7, 11) is 1.43. The number of H-pyrrole nitrogens is 1. The maximum atomic E-state index is 14.1. The third-order valence-corrected chi connectivity index (χ3v) is 4.74. The van der Waals surface area contributed by atoms with Crippen LogP contribution in [0.1, 0.15) is 11.1 Å². The fourth-order valence-corrected chi connectivity index (χ4v) is 3.33. The second kappa shape index (κ2) is 9.29. The van der Waals surface area contributed by atoms with Gasteiger partial charge < -0.3 is 19.8 Å². The summed E-state index contributed by atoms with van der Waals surface area (Å²) in [5, 5.41) is 10.8. The topological polar surface area (TPSA) is 90.0 Å². The number of aromatic nitrogens is 1. The lowest BCUT2D eigenvalue weighted by Crippen LogP contribution is -2.09. The van der Waals surface area contributed by atoms with E-state index in [1.54, 1.807) is 24.4 Å². The highest BCUT2D eigenvalue weighted by molar-refractivity contribution is 7.99. The minimum atomic E-state index is -1.04. The predicted molar refractivity (Wildman–Crippen MR) is 118 cm³/mol. The van der Waals surface area contributed by atoms with E-state index in [1.165, 1.54) is 19.1 Å². The van der Waals surface area contributed by atoms with E-state index < -0.39 is 5.97 Å². The van der Waals surface area contributed by atoms with Gasteiger partial charge in [-0.25, -0.2) is 0 Å². The number of aromatic amines is 1. The summed E-state index contributed by atoms with van der Waals surface area (Å²) in [5.41, 5.74) is 3.21. The molecule has 0 radical (unpaired) electrons. The Morgan fingerprint density at radius 1 is 1.17 bits per heavy atom. The zero-order valence-electron chi connectivity index (χ0n) is 16.0. The molecule has 0 atom stereocenters. The van der Waals surface area contributed by atoms with Gasteiger partial charge in [0.25, 0.3) is 5.56 Å². The number of benzene rings is 2. The summed E-state index contributed by atoms with van der Waals surface area (Å²) in [5.74, 6) is -0.856. The second-order valence-electron chi connectivity index (χ2n) is 6.19. The van der Waals surface area contributed by atoms with Gasteiger partial charge in [-0.3, -0.25) is 10.2 Å². The largest absolute Gasteiger partial charge is 0.491 e. The Morgan fingerprint density at radius 2 is 1.90 bits per heavy atom. The molecule has 29 heavy (non-hydrogen) atoms. The zero-order chi connectivity index (χ0) is 20.8. The molecule has 0 saturated carbocycles. The van der Waals surface area contributed by atoms with Crippen molar-refractivity contribution < 1.29 is 9.13 Å². The molecule has 0 amide bonds. The first-order valence-electron chi connectivity index (χ1n) is 8.80. The van der Waals surface area contributed by atoms with Crippen LogP contribution in [0.2, 0.25) is 0 Å². The monoisotopic (exact) mass is 412 g/mol. The molecular weight excluding hydrogens is 391 g/mol. The summed E-state index contributed by atoms with van der Waals surface area (Å²) < 4.78 is 22.3. The van der Waals surface area contributed by atoms with Crippen molar-refractivity contribution in [2.75, 3.05) is 23.4 Å². The van der Waals surface area contributed by atoms with Crippen molar-refractivity contribution in [1.82, 2.24) is 4.98 Å². The molecule has 0 fully saturated rings. The highest BCUT2D eigenvalue weighted by Crippen LogP contribution is 2.34. The second-order valence-corrected chi connectivity index (χ2v) is 6.80. The molecule has 0 unspecified atom stereocenters. The molecular formula is C21H21FN4O2S. The van der Waals surface area contributed by atoms with Crippen molar-refractivity contribution in [1.29, 1.82) is 5.41 Å². The van der Waals surface area contributed by atoms with E-state index in [1.807, 2.05) is 36.6 Å². The quantitative estimate of drug-likeness (QED) is 0.319. The molecule has 0 bridgehead atoms. The Kier molecular flexibility index (Phi) is 6.56. The Labute approximate surface area is 172 Å². The van der Waals surface area contributed by atoms with Crippen LogP contribution in [-0.2, 0) is 6.54 Å². The lowest BCUT2D eigenvalue weighted by atomic mass is 10.0. The van der Waals surface area contributed by atoms with Gasteiger partial charge in [-0.05, 0) is 29.3 Å². The van der Waals surface area contributed by atoms with E-state index in [0.29, 0.717) is 23.5 Å². The molecule has 150 valence electrons. The maximum absolute atomic E-state index is 14.1. The van der Waals surface area contributed by atoms with Crippen molar-refractivity contribution in [3.8, 4) is 16.9 Å². The minimum absolute atomic E-state index is 0.149. The van der Waals surface area contributed by atoms with Crippen LogP contribution in [-0.4, -0.2) is 24.3 Å². The Morgan fingerprint density at radius 3 is 2.55 bits per heavy atom. The van der Waals surface area contributed by atoms with Crippen LogP contribution in [0.15, 0.2) is 59.5 Å². The van der Waals surface area contributed by atoms with Crippen molar-refractivity contribution in [2.24, 2.45) is 0 Å². The third-order valence-electron chi connectivity index (χ3n) is 4.32. The van der Waals surface area contributed by atoms with Gasteiger partial charge >= 0.3 is 0 Å². The standard InChI is InChI=1S/C21H21FN4O2S/c1-28-18-10-15(12-25-21(18)27)14-8-16(24-11-13-6-4-3-5-7-13)19(20(22)23)17(9-14)26-29-2/h3-10,12,23-24,26H,11H2,1-2H3,(H,25,27). The number of pyridine rings is 1. The third kappa shape index (κ3) is 4.78. The first-order chi connectivity index (χ1) is 14.0. The lowest BCUT2D eigenvalue weighted by Gasteiger charge is -2.17. The Balaban J connectivity index is 2.08. The lowest BCUT2D eigenvalue weighted by molar-refractivity contribution is 0.408. The number of methoxy groups -OCH3 is 1. The van der Waals surface area contributed by atoms with Gasteiger partial charge in [0.1, 0.15) is 0 Å². The minimum Gasteiger partial charge on any atom is -0.491 e. The number of halogens is 1. The molecule has 6 nitrogen and oxygen atoms in total. The van der Waals surface area contributed by atoms with Gasteiger partial charge in [-0.15, -0.1) is 0 Å². The molecule has 0 aliphatic heterocycles. The van der Waals surface area contributed by atoms with Crippen molar-refractivity contribution >= 4 is 29.3 Å². The van der Waals surface area contributed by atoms with Crippen molar-refractivity contribution in [3.05, 3.63) is 76.2 Å². The highest BCUT2D eigenvalue weighted by atomic mass is 32.2. The molecule has 3 rings (SSSR count). The van der Waals surface area contributed by atoms with Crippen LogP contribution < -0.4 is 20.3 Å². The number of rotatable bonds is 8. The summed E-state index contributed by atoms with van der Waals surface area (Å²) >= 11 is 1.30. The smallest absolute Gasteiger partial charge is 0.290 e. The predicted octanol–water partition coefficient (Wildman–Crippen LogP) is 4.65. The SMILES string of the molecule is COc1cc(-c2cc(NCc3ccccc3)c(C(=N)F)c(NSC)c2)c[nH]c1=O. The fraction of sp³-hybridized carbons (Fsp3) is 0.143. The molecule has 1 heterocycles. The average molecular weight is 412 g/mol. The van der Waals surface area contributed by atoms with Crippen LogP contribution >= 0.6 is 11.9 Å². The molecule has 3 aromatic rings. The van der Waals surface area contributed by atoms with Crippen LogP contribution in [0.5, 0.6) is 5.75 Å². The van der Waals surface area contributed by atoms with Crippen LogP contribution in [0.4, 0.5) is 15.8 Å². The normalized spacial score (nSPS) is 10.4. The van der Waals surface area contributed by atoms with Gasteiger partial charge in [0.15, 0.2) is 5.75 Å². The fourth-order valence-electron chi connectivity index (χ4n) is 2.95. The number of anilines is 2. The van der Waals surface area contributed by atoms with Gasteiger partial charge in [0, 0.05) is 30.2 Å². The van der Waals surface area contributed by atoms with Crippen molar-refractivity contribution in [2.45, 2.75) is 6.54 Å². The van der Waals surface area contributed by atoms with E-state index in [-0.39, 0.29) is 16.9 Å². The summed E-state index contributed by atoms with van der Waals surface area (Å²) in [6, 6.07) is 14.8. The van der Waals surface area contributed by atoms with Gasteiger partial charge in [-0.1, -0.05) is 42.3 Å². The Bertz CT molecular complexity index is 1070. The zero-order valence-corrected chi connectivity index (χ0v) is 16.8. The van der Waals surface area contributed by atoms with Crippen LogP contribution in [0.3, 0.4) is 0 Å². The molecule has 0 aliphatic carbocycles. The first-order valence-corrected chi connectivity index (χ1v) is 10.0. The molecule has 0 aliphatic rings. The first kappa shape index (κ1) is 20.5. The number of hydrogen-bond donors (Lipinski definition) is 4. The molecule has 2 aromatic carbocycles. The van der Waals surface area contributed by atoms with E-state index >= 15 is 0 Å². The number of nitrogens with one attached hydrogen (secondary N) is 4. The van der Waals surface area contributed by atoms with Gasteiger partial charge in [0.05, 0.1) is 18.4 Å². The van der Waals surface area contributed by atoms with E-state index in [2.05, 4.69) is 15.0 Å². The molecule has 0 spiro atoms. The van der Waals surface area contributed by atoms with Crippen molar-refractivity contribution in [3.63, 3.8) is 0 Å². The van der Waals surface area contributed by atoms with Crippen LogP contribution in [0, 0.1) is 5.41 Å². The summed E-state index contributed by atoms with van der Waals surface area (Å²) in [4.78, 5) is 14.4. The molecule has 4 N–H and O–H groups in total. The summed E-state index contributed by atoms with van der Waals surface area (Å²) in [6.45, 7) is 0.470. The van der Waals surface area contributed by atoms with Gasteiger partial charge in [-0.2, -0.15) is 4.39 Å². The molecule has 0 saturated heterocycles. The van der Waals surface area contributed by atoms with Crippen LogP contribution in [0.25, 0.3) is 11.1 Å². The molecule has 8 heteroatoms. The van der Waals surface area contributed by atoms with E-state index in [4.69, 9.17) is 10.1 Å². The summed E-state index contributed by atoms with van der Waals surface area (Å²) in [6.07, 6.45) is 3.39. The highest BCUT2D eigenvalue weighted by Gasteiger charge is 2.17.